The average molecular weight is 639 g/mol. The van der Waals surface area contributed by atoms with Crippen molar-refractivity contribution in [3.05, 3.63) is 76.8 Å². The van der Waals surface area contributed by atoms with E-state index in [-0.39, 0.29) is 11.9 Å². The average Bonchev–Trinajstić information content (AvgIpc) is 3.03. The van der Waals surface area contributed by atoms with Gasteiger partial charge in [0.15, 0.2) is 0 Å². The maximum absolute atomic E-state index is 12.1. The highest BCUT2D eigenvalue weighted by Gasteiger charge is 2.13. The van der Waals surface area contributed by atoms with Crippen LogP contribution in [0.2, 0.25) is 5.02 Å². The van der Waals surface area contributed by atoms with Crippen LogP contribution in [-0.4, -0.2) is 45.0 Å². The normalized spacial score (nSPS) is 10.8. The maximum atomic E-state index is 12.1. The molecule has 0 saturated heterocycles. The molecule has 0 aliphatic carbocycles. The molecule has 3 aromatic carbocycles. The summed E-state index contributed by atoms with van der Waals surface area (Å²) in [4.78, 5) is 23.8. The van der Waals surface area contributed by atoms with E-state index in [1.165, 1.54) is 5.56 Å². The monoisotopic (exact) mass is 638 g/mol. The number of halogens is 1. The van der Waals surface area contributed by atoms with Crippen molar-refractivity contribution in [2.24, 2.45) is 0 Å². The van der Waals surface area contributed by atoms with Crippen molar-refractivity contribution in [3.8, 4) is 28.4 Å². The molecule has 0 aromatic heterocycles. The Morgan fingerprint density at radius 2 is 1.29 bits per heavy atom. The standard InChI is InChI=1S/C37H47ClO7/c1-4-41-32-25-30(28-17-19-31(38)20-18-28)26-33(27-32)44-23-10-8-7-9-13-29-14-11-15-35(34(29)21-22-37(40)43-6-3)45-24-12-16-36(39)42-5-2/h11,14-15,17-20,25-27H,4-10,12-13,16,21-24H2,1-3H3. The van der Waals surface area contributed by atoms with Crippen LogP contribution in [0.25, 0.3) is 11.1 Å². The van der Waals surface area contributed by atoms with E-state index in [9.17, 15) is 9.59 Å². The number of carbonyl (C=O) groups is 2. The Labute approximate surface area is 273 Å². The second-order valence-corrected chi connectivity index (χ2v) is 11.0. The van der Waals surface area contributed by atoms with Gasteiger partial charge in [0.2, 0.25) is 0 Å². The predicted octanol–water partition coefficient (Wildman–Crippen LogP) is 8.81. The quantitative estimate of drug-likeness (QED) is 0.0852. The van der Waals surface area contributed by atoms with Crippen molar-refractivity contribution < 1.29 is 33.3 Å². The van der Waals surface area contributed by atoms with Gasteiger partial charge >= 0.3 is 11.9 Å². The fourth-order valence-corrected chi connectivity index (χ4v) is 5.16. The lowest BCUT2D eigenvalue weighted by molar-refractivity contribution is -0.144. The molecule has 0 heterocycles. The van der Waals surface area contributed by atoms with E-state index >= 15 is 0 Å². The number of benzene rings is 3. The fourth-order valence-electron chi connectivity index (χ4n) is 5.03. The zero-order valence-electron chi connectivity index (χ0n) is 26.9. The molecule has 0 bridgehead atoms. The van der Waals surface area contributed by atoms with Crippen LogP contribution >= 0.6 is 11.6 Å². The summed E-state index contributed by atoms with van der Waals surface area (Å²) in [6.07, 6.45) is 6.67. The number of esters is 2. The lowest BCUT2D eigenvalue weighted by Gasteiger charge is -2.16. The van der Waals surface area contributed by atoms with E-state index in [1.54, 1.807) is 6.92 Å². The summed E-state index contributed by atoms with van der Waals surface area (Å²) in [5.41, 5.74) is 4.30. The first kappa shape index (κ1) is 35.8. The number of ether oxygens (including phenoxy) is 5. The molecule has 0 fully saturated rings. The van der Waals surface area contributed by atoms with Gasteiger partial charge in [0.25, 0.3) is 0 Å². The summed E-state index contributed by atoms with van der Waals surface area (Å²) < 4.78 is 28.1. The first-order valence-electron chi connectivity index (χ1n) is 16.1. The van der Waals surface area contributed by atoms with Crippen molar-refractivity contribution in [2.45, 2.75) is 78.6 Å². The Kier molecular flexibility index (Phi) is 16.2. The number of aryl methyl sites for hydroxylation is 1. The molecule has 8 heteroatoms. The van der Waals surface area contributed by atoms with E-state index < -0.39 is 0 Å². The van der Waals surface area contributed by atoms with Crippen LogP contribution in [-0.2, 0) is 31.9 Å². The first-order chi connectivity index (χ1) is 21.9. The summed E-state index contributed by atoms with van der Waals surface area (Å²) in [5.74, 6) is 1.90. The second kappa shape index (κ2) is 20.3. The van der Waals surface area contributed by atoms with Gasteiger partial charge in [-0.1, -0.05) is 48.7 Å². The van der Waals surface area contributed by atoms with E-state index in [0.717, 1.165) is 66.0 Å². The molecule has 0 atom stereocenters. The van der Waals surface area contributed by atoms with Crippen molar-refractivity contribution in [3.63, 3.8) is 0 Å². The Bertz CT molecular complexity index is 1320. The Hall–Kier alpha value is -3.71. The van der Waals surface area contributed by atoms with Crippen LogP contribution in [0.3, 0.4) is 0 Å². The highest BCUT2D eigenvalue weighted by molar-refractivity contribution is 6.30. The van der Waals surface area contributed by atoms with Gasteiger partial charge in [0, 0.05) is 23.9 Å². The Morgan fingerprint density at radius 1 is 0.622 bits per heavy atom. The van der Waals surface area contributed by atoms with E-state index in [4.69, 9.17) is 35.3 Å². The number of unbranched alkanes of at least 4 members (excludes halogenated alkanes) is 3. The zero-order valence-corrected chi connectivity index (χ0v) is 27.7. The maximum Gasteiger partial charge on any atom is 0.306 e. The molecule has 0 N–H and O–H groups in total. The highest BCUT2D eigenvalue weighted by atomic mass is 35.5. The third-order valence-electron chi connectivity index (χ3n) is 7.18. The molecular weight excluding hydrogens is 592 g/mol. The van der Waals surface area contributed by atoms with Gasteiger partial charge < -0.3 is 23.7 Å². The largest absolute Gasteiger partial charge is 0.494 e. The van der Waals surface area contributed by atoms with E-state index in [0.29, 0.717) is 63.7 Å². The van der Waals surface area contributed by atoms with Crippen molar-refractivity contribution in [1.29, 1.82) is 0 Å². The minimum Gasteiger partial charge on any atom is -0.494 e. The molecular formula is C37H47ClO7. The van der Waals surface area contributed by atoms with Crippen molar-refractivity contribution in [1.82, 2.24) is 0 Å². The minimum atomic E-state index is -0.218. The molecule has 3 aromatic rings. The SMILES string of the molecule is CCOC(=O)CCCOc1cccc(CCCCCCOc2cc(OCC)cc(-c3ccc(Cl)cc3)c2)c1CCC(=O)OCC. The molecule has 3 rings (SSSR count). The molecule has 0 aliphatic rings. The summed E-state index contributed by atoms with van der Waals surface area (Å²) in [7, 11) is 0. The van der Waals surface area contributed by atoms with Crippen molar-refractivity contribution >= 4 is 23.5 Å². The molecule has 0 aliphatic heterocycles. The molecule has 0 radical (unpaired) electrons. The van der Waals surface area contributed by atoms with Crippen LogP contribution in [0.5, 0.6) is 17.2 Å². The van der Waals surface area contributed by atoms with Crippen LogP contribution in [0.1, 0.15) is 76.8 Å². The van der Waals surface area contributed by atoms with Gasteiger partial charge in [-0.3, -0.25) is 9.59 Å². The number of rotatable bonds is 21. The van der Waals surface area contributed by atoms with E-state index in [2.05, 4.69) is 6.07 Å². The summed E-state index contributed by atoms with van der Waals surface area (Å²) in [5, 5.41) is 0.702. The zero-order chi connectivity index (χ0) is 32.3. The van der Waals surface area contributed by atoms with Crippen LogP contribution < -0.4 is 14.2 Å². The van der Waals surface area contributed by atoms with Crippen LogP contribution in [0.15, 0.2) is 60.7 Å². The predicted molar refractivity (Wildman–Crippen MR) is 178 cm³/mol. The summed E-state index contributed by atoms with van der Waals surface area (Å²) in [6.45, 7) is 7.93. The Morgan fingerprint density at radius 3 is 2.00 bits per heavy atom. The van der Waals surface area contributed by atoms with E-state index in [1.807, 2.05) is 68.4 Å². The Balaban J connectivity index is 1.51. The lowest BCUT2D eigenvalue weighted by Crippen LogP contribution is -2.10. The number of hydrogen-bond donors (Lipinski definition) is 0. The topological polar surface area (TPSA) is 80.3 Å². The fraction of sp³-hybridized carbons (Fsp3) is 0.459. The van der Waals surface area contributed by atoms with Gasteiger partial charge in [0.05, 0.1) is 33.0 Å². The molecule has 244 valence electrons. The molecule has 0 amide bonds. The molecule has 7 nitrogen and oxygen atoms in total. The van der Waals surface area contributed by atoms with Gasteiger partial charge in [-0.05, 0) is 105 Å². The third kappa shape index (κ3) is 13.0. The molecule has 0 saturated carbocycles. The number of hydrogen-bond acceptors (Lipinski definition) is 7. The first-order valence-corrected chi connectivity index (χ1v) is 16.5. The van der Waals surface area contributed by atoms with Gasteiger partial charge in [-0.2, -0.15) is 0 Å². The molecule has 0 spiro atoms. The van der Waals surface area contributed by atoms with Crippen LogP contribution in [0.4, 0.5) is 0 Å². The summed E-state index contributed by atoms with van der Waals surface area (Å²) in [6, 6.07) is 19.8. The van der Waals surface area contributed by atoms with Crippen LogP contribution in [0, 0.1) is 0 Å². The lowest BCUT2D eigenvalue weighted by atomic mass is 9.96. The summed E-state index contributed by atoms with van der Waals surface area (Å²) >= 11 is 6.07. The third-order valence-corrected chi connectivity index (χ3v) is 7.43. The highest BCUT2D eigenvalue weighted by Crippen LogP contribution is 2.31. The van der Waals surface area contributed by atoms with Gasteiger partial charge in [0.1, 0.15) is 17.2 Å². The van der Waals surface area contributed by atoms with Crippen molar-refractivity contribution in [2.75, 3.05) is 33.0 Å². The van der Waals surface area contributed by atoms with Gasteiger partial charge in [-0.15, -0.1) is 0 Å². The smallest absolute Gasteiger partial charge is 0.306 e. The van der Waals surface area contributed by atoms with Gasteiger partial charge in [-0.25, -0.2) is 0 Å². The number of carbonyl (C=O) groups excluding carboxylic acids is 2. The minimum absolute atomic E-state index is 0.215. The molecule has 0 unspecified atom stereocenters. The second-order valence-electron chi connectivity index (χ2n) is 10.6. The molecule has 45 heavy (non-hydrogen) atoms.